The third-order valence-corrected chi connectivity index (χ3v) is 4.70. The van der Waals surface area contributed by atoms with E-state index in [1.54, 1.807) is 30.3 Å². The number of carbonyl (C=O) groups excluding carboxylic acids is 1. The quantitative estimate of drug-likeness (QED) is 0.418. The minimum atomic E-state index is -0.0233. The van der Waals surface area contributed by atoms with Gasteiger partial charge in [-0.1, -0.05) is 6.07 Å². The van der Waals surface area contributed by atoms with Gasteiger partial charge in [-0.05, 0) is 37.8 Å². The minimum absolute atomic E-state index is 0.0233. The summed E-state index contributed by atoms with van der Waals surface area (Å²) in [5.41, 5.74) is 2.21. The lowest BCUT2D eigenvalue weighted by Crippen LogP contribution is -2.38. The van der Waals surface area contributed by atoms with Gasteiger partial charge < -0.3 is 15.5 Å². The van der Waals surface area contributed by atoms with Crippen LogP contribution in [0.2, 0.25) is 0 Å². The third kappa shape index (κ3) is 6.51. The van der Waals surface area contributed by atoms with E-state index in [0.717, 1.165) is 25.2 Å². The SMILES string of the molecule is Cc1cc(C)n(CCCNC(=NCC(=O)N(C)C)NCc2cccs2)n1. The van der Waals surface area contributed by atoms with Crippen molar-refractivity contribution < 1.29 is 4.79 Å². The number of thiophene rings is 1. The smallest absolute Gasteiger partial charge is 0.243 e. The molecule has 2 aromatic heterocycles. The maximum Gasteiger partial charge on any atom is 0.243 e. The van der Waals surface area contributed by atoms with Crippen LogP contribution in [0.1, 0.15) is 22.7 Å². The number of carbonyl (C=O) groups is 1. The second kappa shape index (κ2) is 9.96. The Hall–Kier alpha value is -2.35. The zero-order valence-corrected chi connectivity index (χ0v) is 16.8. The highest BCUT2D eigenvalue weighted by molar-refractivity contribution is 7.09. The van der Waals surface area contributed by atoms with E-state index in [9.17, 15) is 4.79 Å². The number of hydrogen-bond acceptors (Lipinski definition) is 4. The molecule has 142 valence electrons. The zero-order chi connectivity index (χ0) is 18.9. The number of rotatable bonds is 8. The van der Waals surface area contributed by atoms with Crippen molar-refractivity contribution in [2.45, 2.75) is 33.4 Å². The first-order chi connectivity index (χ1) is 12.5. The Morgan fingerprint density at radius 1 is 1.35 bits per heavy atom. The maximum atomic E-state index is 11.8. The van der Waals surface area contributed by atoms with Crippen LogP contribution in [-0.2, 0) is 17.9 Å². The molecule has 8 heteroatoms. The Labute approximate surface area is 159 Å². The normalized spacial score (nSPS) is 11.5. The lowest BCUT2D eigenvalue weighted by Gasteiger charge is -2.13. The van der Waals surface area contributed by atoms with Crippen LogP contribution in [-0.4, -0.2) is 53.7 Å². The van der Waals surface area contributed by atoms with Gasteiger partial charge in [0.15, 0.2) is 5.96 Å². The molecule has 0 saturated heterocycles. The average molecular weight is 377 g/mol. The molecule has 0 unspecified atom stereocenters. The zero-order valence-electron chi connectivity index (χ0n) is 16.0. The van der Waals surface area contributed by atoms with Crippen LogP contribution in [0.4, 0.5) is 0 Å². The molecule has 7 nitrogen and oxygen atoms in total. The summed E-state index contributed by atoms with van der Waals surface area (Å²) in [4.78, 5) is 19.0. The van der Waals surface area contributed by atoms with Gasteiger partial charge in [-0.2, -0.15) is 5.10 Å². The van der Waals surface area contributed by atoms with Crippen molar-refractivity contribution in [1.29, 1.82) is 0 Å². The van der Waals surface area contributed by atoms with Gasteiger partial charge in [-0.15, -0.1) is 11.3 Å². The second-order valence-electron chi connectivity index (χ2n) is 6.32. The molecule has 0 saturated carbocycles. The number of guanidine groups is 1. The number of nitrogens with zero attached hydrogens (tertiary/aromatic N) is 4. The van der Waals surface area contributed by atoms with Crippen molar-refractivity contribution >= 4 is 23.2 Å². The lowest BCUT2D eigenvalue weighted by molar-refractivity contribution is -0.127. The summed E-state index contributed by atoms with van der Waals surface area (Å²) in [6, 6.07) is 6.18. The third-order valence-electron chi connectivity index (χ3n) is 3.82. The van der Waals surface area contributed by atoms with Crippen molar-refractivity contribution in [1.82, 2.24) is 25.3 Å². The highest BCUT2D eigenvalue weighted by Crippen LogP contribution is 2.07. The van der Waals surface area contributed by atoms with Crippen LogP contribution in [0.5, 0.6) is 0 Å². The molecule has 0 aliphatic carbocycles. The van der Waals surface area contributed by atoms with E-state index in [0.29, 0.717) is 12.5 Å². The van der Waals surface area contributed by atoms with E-state index < -0.39 is 0 Å². The van der Waals surface area contributed by atoms with Crippen LogP contribution in [0.3, 0.4) is 0 Å². The van der Waals surface area contributed by atoms with Gasteiger partial charge in [0, 0.05) is 37.8 Å². The molecular weight excluding hydrogens is 348 g/mol. The second-order valence-corrected chi connectivity index (χ2v) is 7.35. The highest BCUT2D eigenvalue weighted by Gasteiger charge is 2.05. The van der Waals surface area contributed by atoms with Gasteiger partial charge in [0.25, 0.3) is 0 Å². The molecule has 0 radical (unpaired) electrons. The van der Waals surface area contributed by atoms with Crippen molar-refractivity contribution in [2.75, 3.05) is 27.2 Å². The number of aryl methyl sites for hydroxylation is 3. The van der Waals surface area contributed by atoms with Gasteiger partial charge in [0.1, 0.15) is 6.54 Å². The molecule has 0 aliphatic heterocycles. The summed E-state index contributed by atoms with van der Waals surface area (Å²) >= 11 is 1.69. The first kappa shape index (κ1) is 20.0. The first-order valence-corrected chi connectivity index (χ1v) is 9.59. The van der Waals surface area contributed by atoms with Crippen LogP contribution in [0.25, 0.3) is 0 Å². The molecule has 0 bridgehead atoms. The summed E-state index contributed by atoms with van der Waals surface area (Å²) in [7, 11) is 3.47. The number of aliphatic imine (C=N–C) groups is 1. The van der Waals surface area contributed by atoms with E-state index >= 15 is 0 Å². The fourth-order valence-electron chi connectivity index (χ4n) is 2.38. The molecule has 2 aromatic rings. The standard InChI is InChI=1S/C18H28N6OS/c1-14-11-15(2)24(22-14)9-6-8-19-18(21-13-17(25)23(3)4)20-12-16-7-5-10-26-16/h5,7,10-11H,6,8-9,12-13H2,1-4H3,(H2,19,20,21). The molecule has 2 rings (SSSR count). The van der Waals surface area contributed by atoms with Crippen LogP contribution >= 0.6 is 11.3 Å². The largest absolute Gasteiger partial charge is 0.356 e. The molecule has 0 aliphatic rings. The number of nitrogens with one attached hydrogen (secondary N) is 2. The maximum absolute atomic E-state index is 11.8. The van der Waals surface area contributed by atoms with E-state index in [1.165, 1.54) is 10.6 Å². The molecule has 2 heterocycles. The predicted octanol–water partition coefficient (Wildman–Crippen LogP) is 1.78. The van der Waals surface area contributed by atoms with E-state index in [-0.39, 0.29) is 12.5 Å². The number of aromatic nitrogens is 2. The molecular formula is C18H28N6OS. The fourth-order valence-corrected chi connectivity index (χ4v) is 3.03. The van der Waals surface area contributed by atoms with Gasteiger partial charge in [-0.25, -0.2) is 4.99 Å². The van der Waals surface area contributed by atoms with Crippen molar-refractivity contribution in [3.05, 3.63) is 39.8 Å². The summed E-state index contributed by atoms with van der Waals surface area (Å²) in [6.45, 7) is 6.49. The molecule has 0 spiro atoms. The monoisotopic (exact) mass is 376 g/mol. The number of amides is 1. The topological polar surface area (TPSA) is 74.6 Å². The van der Waals surface area contributed by atoms with Crippen LogP contribution in [0, 0.1) is 13.8 Å². The Balaban J connectivity index is 1.84. The predicted molar refractivity (Wildman–Crippen MR) is 106 cm³/mol. The van der Waals surface area contributed by atoms with E-state index in [4.69, 9.17) is 0 Å². The molecule has 0 aromatic carbocycles. The summed E-state index contributed by atoms with van der Waals surface area (Å²) in [5, 5.41) is 13.1. The number of likely N-dealkylation sites (N-methyl/N-ethyl adjacent to an activating group) is 1. The molecule has 26 heavy (non-hydrogen) atoms. The van der Waals surface area contributed by atoms with Gasteiger partial charge in [-0.3, -0.25) is 9.48 Å². The number of hydrogen-bond donors (Lipinski definition) is 2. The van der Waals surface area contributed by atoms with Gasteiger partial charge >= 0.3 is 0 Å². The average Bonchev–Trinajstić information content (AvgIpc) is 3.22. The molecule has 0 atom stereocenters. The molecule has 2 N–H and O–H groups in total. The van der Waals surface area contributed by atoms with Crippen molar-refractivity contribution in [3.8, 4) is 0 Å². The Morgan fingerprint density at radius 3 is 2.77 bits per heavy atom. The van der Waals surface area contributed by atoms with Crippen LogP contribution in [0.15, 0.2) is 28.6 Å². The Bertz CT molecular complexity index is 720. The summed E-state index contributed by atoms with van der Waals surface area (Å²) < 4.78 is 2.02. The Morgan fingerprint density at radius 2 is 2.15 bits per heavy atom. The molecule has 0 fully saturated rings. The van der Waals surface area contributed by atoms with Gasteiger partial charge in [0.05, 0.1) is 12.2 Å². The first-order valence-electron chi connectivity index (χ1n) is 8.71. The minimum Gasteiger partial charge on any atom is -0.356 e. The summed E-state index contributed by atoms with van der Waals surface area (Å²) in [5.74, 6) is 0.631. The van der Waals surface area contributed by atoms with Crippen molar-refractivity contribution in [3.63, 3.8) is 0 Å². The van der Waals surface area contributed by atoms with Gasteiger partial charge in [0.2, 0.25) is 5.91 Å². The van der Waals surface area contributed by atoms with E-state index in [2.05, 4.69) is 39.8 Å². The highest BCUT2D eigenvalue weighted by atomic mass is 32.1. The fraction of sp³-hybridized carbons (Fsp3) is 0.500. The summed E-state index contributed by atoms with van der Waals surface area (Å²) in [6.07, 6.45) is 0.920. The van der Waals surface area contributed by atoms with Crippen molar-refractivity contribution in [2.24, 2.45) is 4.99 Å². The Kier molecular flexibility index (Phi) is 7.65. The molecule has 1 amide bonds. The lowest BCUT2D eigenvalue weighted by atomic mass is 10.4. The van der Waals surface area contributed by atoms with Crippen LogP contribution < -0.4 is 10.6 Å². The van der Waals surface area contributed by atoms with E-state index in [1.807, 2.05) is 23.1 Å².